The highest BCUT2D eigenvalue weighted by Crippen LogP contribution is 2.13. The molecule has 0 aliphatic carbocycles. The third kappa shape index (κ3) is 4.05. The van der Waals surface area contributed by atoms with Gasteiger partial charge in [0.05, 0.1) is 0 Å². The summed E-state index contributed by atoms with van der Waals surface area (Å²) < 4.78 is 0. The molecular formula is C17H28N2. The van der Waals surface area contributed by atoms with Gasteiger partial charge in [-0.3, -0.25) is 9.80 Å². The number of hydrogen-bond acceptors (Lipinski definition) is 2. The molecule has 1 saturated heterocycles. The van der Waals surface area contributed by atoms with E-state index in [1.165, 1.54) is 43.7 Å². The number of rotatable bonds is 5. The van der Waals surface area contributed by atoms with Crippen LogP contribution in [0.25, 0.3) is 0 Å². The van der Waals surface area contributed by atoms with Crippen LogP contribution in [0.15, 0.2) is 24.3 Å². The van der Waals surface area contributed by atoms with Gasteiger partial charge in [0.15, 0.2) is 0 Å². The average Bonchev–Trinajstić information content (AvgIpc) is 2.47. The van der Waals surface area contributed by atoms with Gasteiger partial charge in [-0.2, -0.15) is 0 Å². The number of piperazine rings is 1. The van der Waals surface area contributed by atoms with E-state index in [0.29, 0.717) is 0 Å². The minimum absolute atomic E-state index is 0.741. The maximum Gasteiger partial charge on any atom is 0.0234 e. The molecule has 1 aliphatic rings. The molecule has 1 aromatic carbocycles. The minimum Gasteiger partial charge on any atom is -0.298 e. The first kappa shape index (κ1) is 14.5. The summed E-state index contributed by atoms with van der Waals surface area (Å²) in [7, 11) is 0. The van der Waals surface area contributed by atoms with Crippen LogP contribution in [0.2, 0.25) is 0 Å². The molecule has 0 amide bonds. The molecular weight excluding hydrogens is 232 g/mol. The minimum atomic E-state index is 0.741. The summed E-state index contributed by atoms with van der Waals surface area (Å²) in [6.45, 7) is 12.8. The number of hydrogen-bond donors (Lipinski definition) is 0. The summed E-state index contributed by atoms with van der Waals surface area (Å²) in [6, 6.07) is 9.79. The molecule has 0 aromatic heterocycles. The smallest absolute Gasteiger partial charge is 0.0234 e. The lowest BCUT2D eigenvalue weighted by Gasteiger charge is -2.37. The van der Waals surface area contributed by atoms with E-state index < -0.39 is 0 Å². The van der Waals surface area contributed by atoms with Crippen LogP contribution in [-0.2, 0) is 13.0 Å². The molecule has 106 valence electrons. The molecule has 1 atom stereocenters. The monoisotopic (exact) mass is 260 g/mol. The largest absolute Gasteiger partial charge is 0.298 e. The van der Waals surface area contributed by atoms with Crippen LogP contribution in [0.5, 0.6) is 0 Å². The van der Waals surface area contributed by atoms with Crippen LogP contribution in [0.1, 0.15) is 38.3 Å². The molecule has 2 nitrogen and oxygen atoms in total. The standard InChI is InChI=1S/C17H28N2/c1-4-15(3)19-11-9-18(10-12-19)14-17-8-6-7-16(5-2)13-17/h6-8,13,15H,4-5,9-12,14H2,1-3H3. The van der Waals surface area contributed by atoms with Crippen molar-refractivity contribution in [2.75, 3.05) is 26.2 Å². The van der Waals surface area contributed by atoms with Crippen molar-refractivity contribution in [3.8, 4) is 0 Å². The van der Waals surface area contributed by atoms with Gasteiger partial charge in [-0.25, -0.2) is 0 Å². The van der Waals surface area contributed by atoms with Crippen molar-refractivity contribution < 1.29 is 0 Å². The van der Waals surface area contributed by atoms with Crippen LogP contribution >= 0.6 is 0 Å². The van der Waals surface area contributed by atoms with Gasteiger partial charge in [-0.05, 0) is 30.9 Å². The van der Waals surface area contributed by atoms with Gasteiger partial charge in [-0.1, -0.05) is 38.1 Å². The van der Waals surface area contributed by atoms with E-state index in [2.05, 4.69) is 54.8 Å². The first-order chi connectivity index (χ1) is 9.22. The molecule has 1 heterocycles. The maximum atomic E-state index is 2.62. The van der Waals surface area contributed by atoms with Gasteiger partial charge in [0.25, 0.3) is 0 Å². The molecule has 2 rings (SSSR count). The lowest BCUT2D eigenvalue weighted by atomic mass is 10.1. The van der Waals surface area contributed by atoms with Crippen LogP contribution in [0.4, 0.5) is 0 Å². The second kappa shape index (κ2) is 7.06. The Morgan fingerprint density at radius 1 is 1.05 bits per heavy atom. The molecule has 19 heavy (non-hydrogen) atoms. The Kier molecular flexibility index (Phi) is 5.41. The summed E-state index contributed by atoms with van der Waals surface area (Å²) in [5, 5.41) is 0. The topological polar surface area (TPSA) is 6.48 Å². The summed E-state index contributed by atoms with van der Waals surface area (Å²) in [4.78, 5) is 5.21. The van der Waals surface area contributed by atoms with E-state index in [-0.39, 0.29) is 0 Å². The highest BCUT2D eigenvalue weighted by atomic mass is 15.3. The second-order valence-electron chi connectivity index (χ2n) is 5.74. The van der Waals surface area contributed by atoms with E-state index in [1.54, 1.807) is 0 Å². The first-order valence-corrected chi connectivity index (χ1v) is 7.77. The molecule has 0 bridgehead atoms. The van der Waals surface area contributed by atoms with E-state index in [1.807, 2.05) is 0 Å². The maximum absolute atomic E-state index is 2.62. The molecule has 1 fully saturated rings. The number of aryl methyl sites for hydroxylation is 1. The fraction of sp³-hybridized carbons (Fsp3) is 0.647. The molecule has 0 spiro atoms. The van der Waals surface area contributed by atoms with Gasteiger partial charge in [0.2, 0.25) is 0 Å². The molecule has 0 saturated carbocycles. The fourth-order valence-electron chi connectivity index (χ4n) is 2.83. The zero-order valence-corrected chi connectivity index (χ0v) is 12.7. The Hall–Kier alpha value is -0.860. The second-order valence-corrected chi connectivity index (χ2v) is 5.74. The Balaban J connectivity index is 1.85. The summed E-state index contributed by atoms with van der Waals surface area (Å²) in [5.41, 5.74) is 2.92. The lowest BCUT2D eigenvalue weighted by Crippen LogP contribution is -2.48. The Bertz CT molecular complexity index is 381. The zero-order chi connectivity index (χ0) is 13.7. The third-order valence-corrected chi connectivity index (χ3v) is 4.43. The van der Waals surface area contributed by atoms with Crippen molar-refractivity contribution >= 4 is 0 Å². The van der Waals surface area contributed by atoms with E-state index in [0.717, 1.165) is 19.0 Å². The van der Waals surface area contributed by atoms with Crippen molar-refractivity contribution in [3.05, 3.63) is 35.4 Å². The van der Waals surface area contributed by atoms with Crippen LogP contribution in [0.3, 0.4) is 0 Å². The van der Waals surface area contributed by atoms with E-state index in [4.69, 9.17) is 0 Å². The predicted octanol–water partition coefficient (Wildman–Crippen LogP) is 3.17. The average molecular weight is 260 g/mol. The number of nitrogens with zero attached hydrogens (tertiary/aromatic N) is 2. The van der Waals surface area contributed by atoms with Crippen molar-refractivity contribution in [1.82, 2.24) is 9.80 Å². The zero-order valence-electron chi connectivity index (χ0n) is 12.7. The van der Waals surface area contributed by atoms with Crippen molar-refractivity contribution in [1.29, 1.82) is 0 Å². The van der Waals surface area contributed by atoms with Crippen molar-refractivity contribution in [2.45, 2.75) is 46.2 Å². The van der Waals surface area contributed by atoms with Gasteiger partial charge in [-0.15, -0.1) is 0 Å². The van der Waals surface area contributed by atoms with E-state index in [9.17, 15) is 0 Å². The van der Waals surface area contributed by atoms with E-state index >= 15 is 0 Å². The van der Waals surface area contributed by atoms with Crippen LogP contribution < -0.4 is 0 Å². The summed E-state index contributed by atoms with van der Waals surface area (Å²) >= 11 is 0. The molecule has 1 unspecified atom stereocenters. The SMILES string of the molecule is CCc1cccc(CN2CCN(C(C)CC)CC2)c1. The molecule has 0 N–H and O–H groups in total. The van der Waals surface area contributed by atoms with Gasteiger partial charge in [0.1, 0.15) is 0 Å². The van der Waals surface area contributed by atoms with Crippen LogP contribution in [-0.4, -0.2) is 42.0 Å². The van der Waals surface area contributed by atoms with Crippen LogP contribution in [0, 0.1) is 0 Å². The summed E-state index contributed by atoms with van der Waals surface area (Å²) in [6.07, 6.45) is 2.40. The predicted molar refractivity (Wildman–Crippen MR) is 82.4 cm³/mol. The van der Waals surface area contributed by atoms with Gasteiger partial charge >= 0.3 is 0 Å². The third-order valence-electron chi connectivity index (χ3n) is 4.43. The molecule has 1 aliphatic heterocycles. The normalized spacial score (nSPS) is 19.5. The first-order valence-electron chi connectivity index (χ1n) is 7.77. The Labute approximate surface area is 118 Å². The lowest BCUT2D eigenvalue weighted by molar-refractivity contribution is 0.0963. The number of benzene rings is 1. The van der Waals surface area contributed by atoms with Crippen molar-refractivity contribution in [2.24, 2.45) is 0 Å². The molecule has 0 radical (unpaired) electrons. The Morgan fingerprint density at radius 2 is 1.74 bits per heavy atom. The highest BCUT2D eigenvalue weighted by Gasteiger charge is 2.19. The van der Waals surface area contributed by atoms with Crippen molar-refractivity contribution in [3.63, 3.8) is 0 Å². The summed E-state index contributed by atoms with van der Waals surface area (Å²) in [5.74, 6) is 0. The fourth-order valence-corrected chi connectivity index (χ4v) is 2.83. The quantitative estimate of drug-likeness (QED) is 0.802. The van der Waals surface area contributed by atoms with Gasteiger partial charge < -0.3 is 0 Å². The molecule has 2 heteroatoms. The molecule has 1 aromatic rings. The van der Waals surface area contributed by atoms with Gasteiger partial charge in [0, 0.05) is 38.8 Å². The Morgan fingerprint density at radius 3 is 2.37 bits per heavy atom. The highest BCUT2D eigenvalue weighted by molar-refractivity contribution is 5.23.